The minimum Gasteiger partial charge on any atom is -0.329 e. The molecule has 4 rings (SSSR count). The minimum atomic E-state index is -0.547. The van der Waals surface area contributed by atoms with Crippen molar-refractivity contribution in [3.05, 3.63) is 35.9 Å². The van der Waals surface area contributed by atoms with E-state index in [1.54, 1.807) is 0 Å². The summed E-state index contributed by atoms with van der Waals surface area (Å²) < 4.78 is 0. The highest BCUT2D eigenvalue weighted by atomic mass is 16.7. The van der Waals surface area contributed by atoms with Crippen LogP contribution in [0.5, 0.6) is 0 Å². The van der Waals surface area contributed by atoms with Gasteiger partial charge in [0.2, 0.25) is 0 Å². The fraction of sp³-hybridized carbons (Fsp3) is 0.526. The maximum absolute atomic E-state index is 12.6. The molecule has 2 bridgehead atoms. The molecule has 3 fully saturated rings. The molecule has 8 heteroatoms. The normalized spacial score (nSPS) is 30.8. The van der Waals surface area contributed by atoms with E-state index in [0.29, 0.717) is 24.6 Å². The van der Waals surface area contributed by atoms with Gasteiger partial charge in [-0.1, -0.05) is 30.3 Å². The second-order valence-electron chi connectivity index (χ2n) is 7.19. The van der Waals surface area contributed by atoms with Crippen LogP contribution in [0.25, 0.3) is 0 Å². The maximum atomic E-state index is 12.6. The third-order valence-corrected chi connectivity index (χ3v) is 5.49. The predicted molar refractivity (Wildman–Crippen MR) is 93.2 cm³/mol. The molecule has 4 atom stereocenters. The zero-order valence-electron chi connectivity index (χ0n) is 15.2. The Morgan fingerprint density at radius 3 is 2.52 bits per heavy atom. The second-order valence-corrected chi connectivity index (χ2v) is 7.19. The number of fused-ring (bicyclic) bond motifs is 2. The molecule has 0 saturated carbocycles. The number of hydrogen-bond acceptors (Lipinski definition) is 7. The molecular weight excluding hydrogens is 350 g/mol. The molecule has 1 aromatic rings. The molecule has 0 aromatic heterocycles. The molecule has 0 N–H and O–H groups in total. The van der Waals surface area contributed by atoms with Crippen LogP contribution >= 0.6 is 0 Å². The predicted octanol–water partition coefficient (Wildman–Crippen LogP) is 1.22. The van der Waals surface area contributed by atoms with E-state index in [2.05, 4.69) is 0 Å². The molecule has 3 aliphatic heterocycles. The third kappa shape index (κ3) is 3.47. The van der Waals surface area contributed by atoms with Gasteiger partial charge in [-0.05, 0) is 25.3 Å². The van der Waals surface area contributed by atoms with Crippen molar-refractivity contribution in [3.8, 4) is 0 Å². The zero-order valence-corrected chi connectivity index (χ0v) is 15.2. The van der Waals surface area contributed by atoms with Gasteiger partial charge in [0, 0.05) is 25.4 Å². The first-order chi connectivity index (χ1) is 13.0. The fourth-order valence-corrected chi connectivity index (χ4v) is 4.05. The first-order valence-corrected chi connectivity index (χ1v) is 9.33. The Hall–Kier alpha value is -2.29. The van der Waals surface area contributed by atoms with E-state index in [-0.39, 0.29) is 25.0 Å². The molecule has 1 unspecified atom stereocenters. The molecule has 0 spiro atoms. The average Bonchev–Trinajstić information content (AvgIpc) is 3.12. The van der Waals surface area contributed by atoms with Gasteiger partial charge in [0.05, 0.1) is 12.8 Å². The molecule has 0 aliphatic carbocycles. The Morgan fingerprint density at radius 2 is 1.81 bits per heavy atom. The highest BCUT2D eigenvalue weighted by Gasteiger charge is 2.48. The summed E-state index contributed by atoms with van der Waals surface area (Å²) in [4.78, 5) is 49.1. The molecule has 8 nitrogen and oxygen atoms in total. The Balaban J connectivity index is 1.38. The number of rotatable bonds is 5. The van der Waals surface area contributed by atoms with Gasteiger partial charge in [-0.2, -0.15) is 5.06 Å². The van der Waals surface area contributed by atoms with Gasteiger partial charge >= 0.3 is 5.97 Å². The van der Waals surface area contributed by atoms with Crippen LogP contribution < -0.4 is 0 Å². The Kier molecular flexibility index (Phi) is 4.94. The molecule has 3 heterocycles. The van der Waals surface area contributed by atoms with Crippen molar-refractivity contribution in [2.24, 2.45) is 0 Å². The number of piperidine rings is 1. The van der Waals surface area contributed by atoms with Crippen molar-refractivity contribution in [2.75, 3.05) is 6.54 Å². The Morgan fingerprint density at radius 1 is 1.11 bits per heavy atom. The highest BCUT2D eigenvalue weighted by Crippen LogP contribution is 2.34. The van der Waals surface area contributed by atoms with Gasteiger partial charge in [-0.3, -0.25) is 19.3 Å². The number of carbonyl (C=O) groups excluding carboxylic acids is 3. The molecule has 27 heavy (non-hydrogen) atoms. The van der Waals surface area contributed by atoms with Crippen LogP contribution in [0, 0.1) is 0 Å². The first kappa shape index (κ1) is 18.1. The van der Waals surface area contributed by atoms with E-state index >= 15 is 0 Å². The lowest BCUT2D eigenvalue weighted by molar-refractivity contribution is -0.211. The number of nitrogens with zero attached hydrogens (tertiary/aromatic N) is 3. The number of benzene rings is 1. The van der Waals surface area contributed by atoms with Crippen molar-refractivity contribution in [1.82, 2.24) is 15.0 Å². The summed E-state index contributed by atoms with van der Waals surface area (Å²) in [6.07, 6.45) is 1.50. The lowest BCUT2D eigenvalue weighted by Gasteiger charge is -2.31. The lowest BCUT2D eigenvalue weighted by Crippen LogP contribution is -2.49. The number of carbonyl (C=O) groups is 3. The van der Waals surface area contributed by atoms with Crippen LogP contribution in [-0.2, 0) is 30.7 Å². The smallest absolute Gasteiger partial charge is 0.329 e. The molecular formula is C19H23N3O5. The molecule has 144 valence electrons. The summed E-state index contributed by atoms with van der Waals surface area (Å²) in [6.45, 7) is 3.15. The summed E-state index contributed by atoms with van der Waals surface area (Å²) >= 11 is 0. The van der Waals surface area contributed by atoms with Gasteiger partial charge in [0.15, 0.2) is 0 Å². The Bertz CT molecular complexity index is 724. The van der Waals surface area contributed by atoms with Gasteiger partial charge in [-0.15, -0.1) is 5.06 Å². The lowest BCUT2D eigenvalue weighted by atomic mass is 10.0. The molecule has 1 aromatic carbocycles. The largest absolute Gasteiger partial charge is 0.350 e. The number of imide groups is 1. The standard InChI is InChI=1S/C19H23N3O5/c1-13-20-11-15(21(13)26-12-14-5-3-2-4-6-14)7-8-16(20)19(25)27-22-17(23)9-10-18(22)24/h2-6,13,15-16H,7-12H2,1H3/t13-,15-,16-/m0/s1. The van der Waals surface area contributed by atoms with Crippen LogP contribution in [0.15, 0.2) is 30.3 Å². The van der Waals surface area contributed by atoms with Crippen molar-refractivity contribution in [3.63, 3.8) is 0 Å². The van der Waals surface area contributed by atoms with E-state index < -0.39 is 23.8 Å². The summed E-state index contributed by atoms with van der Waals surface area (Å²) in [5.41, 5.74) is 1.09. The zero-order chi connectivity index (χ0) is 19.0. The topological polar surface area (TPSA) is 79.4 Å². The summed E-state index contributed by atoms with van der Waals surface area (Å²) in [5, 5.41) is 2.57. The van der Waals surface area contributed by atoms with Crippen molar-refractivity contribution in [1.29, 1.82) is 0 Å². The number of hydroxylamine groups is 4. The second kappa shape index (κ2) is 7.38. The summed E-state index contributed by atoms with van der Waals surface area (Å²) in [5.74, 6) is -1.46. The SMILES string of the molecule is C[C@H]1N2C[C@H](CC[C@H]2C(=O)ON2C(=O)CCC2=O)N1OCc1ccccc1. The minimum absolute atomic E-state index is 0.0938. The maximum Gasteiger partial charge on any atom is 0.350 e. The quantitative estimate of drug-likeness (QED) is 0.718. The van der Waals surface area contributed by atoms with Crippen LogP contribution in [0.3, 0.4) is 0 Å². The van der Waals surface area contributed by atoms with E-state index in [1.165, 1.54) is 0 Å². The van der Waals surface area contributed by atoms with Crippen LogP contribution in [0.2, 0.25) is 0 Å². The van der Waals surface area contributed by atoms with Gasteiger partial charge < -0.3 is 4.84 Å². The van der Waals surface area contributed by atoms with Crippen LogP contribution in [0.4, 0.5) is 0 Å². The van der Waals surface area contributed by atoms with Crippen molar-refractivity contribution >= 4 is 17.8 Å². The van der Waals surface area contributed by atoms with E-state index in [0.717, 1.165) is 12.0 Å². The van der Waals surface area contributed by atoms with Crippen LogP contribution in [-0.4, -0.2) is 57.6 Å². The van der Waals surface area contributed by atoms with E-state index in [1.807, 2.05) is 47.2 Å². The first-order valence-electron chi connectivity index (χ1n) is 9.33. The molecule has 2 amide bonds. The average molecular weight is 373 g/mol. The Labute approximate surface area is 157 Å². The summed E-state index contributed by atoms with van der Waals surface area (Å²) in [7, 11) is 0. The number of hydrogen-bond donors (Lipinski definition) is 0. The van der Waals surface area contributed by atoms with Crippen molar-refractivity contribution < 1.29 is 24.1 Å². The van der Waals surface area contributed by atoms with E-state index in [9.17, 15) is 14.4 Å². The van der Waals surface area contributed by atoms with Gasteiger partial charge in [0.1, 0.15) is 6.04 Å². The van der Waals surface area contributed by atoms with Crippen molar-refractivity contribution in [2.45, 2.75) is 57.5 Å². The third-order valence-electron chi connectivity index (χ3n) is 5.49. The summed E-state index contributed by atoms with van der Waals surface area (Å²) in [6, 6.07) is 9.66. The van der Waals surface area contributed by atoms with E-state index in [4.69, 9.17) is 9.68 Å². The molecule has 3 aliphatic rings. The highest BCUT2D eigenvalue weighted by molar-refractivity contribution is 6.01. The number of amides is 2. The monoisotopic (exact) mass is 373 g/mol. The van der Waals surface area contributed by atoms with Crippen LogP contribution in [0.1, 0.15) is 38.2 Å². The fourth-order valence-electron chi connectivity index (χ4n) is 4.05. The molecule has 0 radical (unpaired) electrons. The molecule has 3 saturated heterocycles. The van der Waals surface area contributed by atoms with Gasteiger partial charge in [0.25, 0.3) is 11.8 Å². The van der Waals surface area contributed by atoms with Gasteiger partial charge in [-0.25, -0.2) is 4.79 Å².